The molecule has 0 radical (unpaired) electrons. The number of carbonyl (C=O) groups is 2. The summed E-state index contributed by atoms with van der Waals surface area (Å²) in [6.45, 7) is 2.37. The van der Waals surface area contributed by atoms with E-state index in [1.165, 1.54) is 12.8 Å². The van der Waals surface area contributed by atoms with Crippen LogP contribution in [0.2, 0.25) is 0 Å². The van der Waals surface area contributed by atoms with Crippen LogP contribution in [0.1, 0.15) is 39.0 Å². The molecule has 0 aromatic carbocycles. The third-order valence-electron chi connectivity index (χ3n) is 3.38. The van der Waals surface area contributed by atoms with Crippen molar-refractivity contribution in [2.75, 3.05) is 6.54 Å². The number of nitrogens with one attached hydrogen (secondary N) is 1. The Morgan fingerprint density at radius 1 is 1.27 bits per heavy atom. The predicted octanol–water partition coefficient (Wildman–Crippen LogP) is 0.666. The highest BCUT2D eigenvalue weighted by Gasteiger charge is 2.32. The third-order valence-corrected chi connectivity index (χ3v) is 3.38. The van der Waals surface area contributed by atoms with Gasteiger partial charge in [0, 0.05) is 19.0 Å². The van der Waals surface area contributed by atoms with E-state index in [1.54, 1.807) is 6.92 Å². The highest BCUT2D eigenvalue weighted by atomic mass is 16.2. The van der Waals surface area contributed by atoms with Gasteiger partial charge in [-0.15, -0.1) is 0 Å². The zero-order valence-electron chi connectivity index (χ0n) is 9.16. The van der Waals surface area contributed by atoms with Crippen molar-refractivity contribution >= 4 is 11.8 Å². The molecule has 2 aliphatic rings. The van der Waals surface area contributed by atoms with Crippen LogP contribution in [0.3, 0.4) is 0 Å². The molecule has 84 valence electrons. The first-order valence-corrected chi connectivity index (χ1v) is 5.78. The molecule has 1 unspecified atom stereocenters. The van der Waals surface area contributed by atoms with Gasteiger partial charge in [-0.2, -0.15) is 0 Å². The Balaban J connectivity index is 2.08. The highest BCUT2D eigenvalue weighted by Crippen LogP contribution is 2.24. The van der Waals surface area contributed by atoms with Gasteiger partial charge in [-0.3, -0.25) is 9.59 Å². The van der Waals surface area contributed by atoms with Crippen molar-refractivity contribution in [2.24, 2.45) is 0 Å². The first kappa shape index (κ1) is 10.5. The van der Waals surface area contributed by atoms with E-state index in [0.717, 1.165) is 12.8 Å². The zero-order chi connectivity index (χ0) is 10.8. The molecular formula is C11H18N2O2. The second-order valence-electron chi connectivity index (χ2n) is 4.51. The van der Waals surface area contributed by atoms with E-state index in [2.05, 4.69) is 5.32 Å². The van der Waals surface area contributed by atoms with Gasteiger partial charge < -0.3 is 10.2 Å². The summed E-state index contributed by atoms with van der Waals surface area (Å²) >= 11 is 0. The van der Waals surface area contributed by atoms with E-state index in [9.17, 15) is 9.59 Å². The predicted molar refractivity (Wildman–Crippen MR) is 56.2 cm³/mol. The van der Waals surface area contributed by atoms with Crippen LogP contribution in [-0.2, 0) is 9.59 Å². The standard InChI is InChI=1S/C11H18N2O2/c1-8-11(15)13(7-6-10(14)12-8)9-4-2-3-5-9/h8-9H,2-7H2,1H3,(H,12,14). The van der Waals surface area contributed by atoms with E-state index in [1.807, 2.05) is 4.90 Å². The molecule has 4 nitrogen and oxygen atoms in total. The van der Waals surface area contributed by atoms with Crippen LogP contribution in [0.25, 0.3) is 0 Å². The molecule has 0 aromatic heterocycles. The Labute approximate surface area is 90.0 Å². The topological polar surface area (TPSA) is 49.4 Å². The lowest BCUT2D eigenvalue weighted by Crippen LogP contribution is -2.46. The molecule has 2 amide bonds. The van der Waals surface area contributed by atoms with Crippen LogP contribution in [-0.4, -0.2) is 35.3 Å². The van der Waals surface area contributed by atoms with Gasteiger partial charge in [-0.05, 0) is 19.8 Å². The molecule has 2 rings (SSSR count). The monoisotopic (exact) mass is 210 g/mol. The third kappa shape index (κ3) is 2.13. The highest BCUT2D eigenvalue weighted by molar-refractivity contribution is 5.89. The van der Waals surface area contributed by atoms with Crippen LogP contribution >= 0.6 is 0 Å². The fourth-order valence-corrected chi connectivity index (χ4v) is 2.53. The van der Waals surface area contributed by atoms with Gasteiger partial charge in [-0.1, -0.05) is 12.8 Å². The molecule has 1 saturated heterocycles. The van der Waals surface area contributed by atoms with Crippen LogP contribution in [0, 0.1) is 0 Å². The van der Waals surface area contributed by atoms with Gasteiger partial charge in [0.1, 0.15) is 6.04 Å². The first-order valence-electron chi connectivity index (χ1n) is 5.78. The molecule has 1 N–H and O–H groups in total. The molecule has 1 atom stereocenters. The summed E-state index contributed by atoms with van der Waals surface area (Å²) in [6, 6.07) is 0.0354. The summed E-state index contributed by atoms with van der Waals surface area (Å²) in [7, 11) is 0. The van der Waals surface area contributed by atoms with Crippen LogP contribution < -0.4 is 5.32 Å². The Kier molecular flexibility index (Phi) is 2.93. The van der Waals surface area contributed by atoms with Gasteiger partial charge in [0.05, 0.1) is 0 Å². The fourth-order valence-electron chi connectivity index (χ4n) is 2.53. The summed E-state index contributed by atoms with van der Waals surface area (Å²) in [5.41, 5.74) is 0. The summed E-state index contributed by atoms with van der Waals surface area (Å²) in [5.74, 6) is 0.0871. The van der Waals surface area contributed by atoms with Crippen LogP contribution in [0.5, 0.6) is 0 Å². The Morgan fingerprint density at radius 2 is 1.93 bits per heavy atom. The van der Waals surface area contributed by atoms with Crippen molar-refractivity contribution in [3.63, 3.8) is 0 Å². The zero-order valence-corrected chi connectivity index (χ0v) is 9.16. The summed E-state index contributed by atoms with van der Waals surface area (Å²) in [4.78, 5) is 25.2. The first-order chi connectivity index (χ1) is 7.18. The minimum Gasteiger partial charge on any atom is -0.345 e. The maximum atomic E-state index is 12.0. The van der Waals surface area contributed by atoms with Crippen molar-refractivity contribution in [1.29, 1.82) is 0 Å². The van der Waals surface area contributed by atoms with Crippen molar-refractivity contribution in [3.05, 3.63) is 0 Å². The molecule has 2 fully saturated rings. The number of hydrogen-bond acceptors (Lipinski definition) is 2. The van der Waals surface area contributed by atoms with Crippen molar-refractivity contribution < 1.29 is 9.59 Å². The second kappa shape index (κ2) is 4.21. The summed E-state index contributed by atoms with van der Waals surface area (Å²) < 4.78 is 0. The van der Waals surface area contributed by atoms with Gasteiger partial charge in [0.25, 0.3) is 0 Å². The molecule has 1 heterocycles. The van der Waals surface area contributed by atoms with Crippen LogP contribution in [0.15, 0.2) is 0 Å². The maximum Gasteiger partial charge on any atom is 0.245 e. The molecular weight excluding hydrogens is 192 g/mol. The number of nitrogens with zero attached hydrogens (tertiary/aromatic N) is 1. The number of carbonyl (C=O) groups excluding carboxylic acids is 2. The van der Waals surface area contributed by atoms with E-state index in [-0.39, 0.29) is 17.9 Å². The minimum absolute atomic E-state index is 0.00338. The Morgan fingerprint density at radius 3 is 2.60 bits per heavy atom. The van der Waals surface area contributed by atoms with E-state index in [0.29, 0.717) is 19.0 Å². The average molecular weight is 210 g/mol. The lowest BCUT2D eigenvalue weighted by atomic mass is 10.2. The Bertz CT molecular complexity index is 272. The largest absolute Gasteiger partial charge is 0.345 e. The van der Waals surface area contributed by atoms with E-state index < -0.39 is 0 Å². The SMILES string of the molecule is CC1NC(=O)CCN(C2CCCC2)C1=O. The molecule has 15 heavy (non-hydrogen) atoms. The minimum atomic E-state index is -0.347. The number of hydrogen-bond donors (Lipinski definition) is 1. The molecule has 4 heteroatoms. The maximum absolute atomic E-state index is 12.0. The van der Waals surface area contributed by atoms with Crippen molar-refractivity contribution in [3.8, 4) is 0 Å². The molecule has 1 saturated carbocycles. The molecule has 0 bridgehead atoms. The lowest BCUT2D eigenvalue weighted by Gasteiger charge is -2.28. The lowest BCUT2D eigenvalue weighted by molar-refractivity contribution is -0.135. The van der Waals surface area contributed by atoms with Crippen molar-refractivity contribution in [2.45, 2.75) is 51.1 Å². The van der Waals surface area contributed by atoms with Gasteiger partial charge in [0.15, 0.2) is 0 Å². The normalized spacial score (nSPS) is 29.1. The molecule has 1 aliphatic heterocycles. The quantitative estimate of drug-likeness (QED) is 0.691. The van der Waals surface area contributed by atoms with Gasteiger partial charge in [0.2, 0.25) is 11.8 Å². The summed E-state index contributed by atoms with van der Waals surface area (Å²) in [6.07, 6.45) is 5.08. The summed E-state index contributed by atoms with van der Waals surface area (Å²) in [5, 5.41) is 2.71. The van der Waals surface area contributed by atoms with E-state index in [4.69, 9.17) is 0 Å². The van der Waals surface area contributed by atoms with Gasteiger partial charge in [-0.25, -0.2) is 0 Å². The number of rotatable bonds is 1. The van der Waals surface area contributed by atoms with E-state index >= 15 is 0 Å². The van der Waals surface area contributed by atoms with Gasteiger partial charge >= 0.3 is 0 Å². The fraction of sp³-hybridized carbons (Fsp3) is 0.818. The smallest absolute Gasteiger partial charge is 0.245 e. The second-order valence-corrected chi connectivity index (χ2v) is 4.51. The average Bonchev–Trinajstić information content (AvgIpc) is 2.67. The molecule has 1 aliphatic carbocycles. The number of amides is 2. The van der Waals surface area contributed by atoms with Crippen molar-refractivity contribution in [1.82, 2.24) is 10.2 Å². The molecule has 0 aromatic rings. The molecule has 0 spiro atoms. The Hall–Kier alpha value is -1.06. The van der Waals surface area contributed by atoms with Crippen LogP contribution in [0.4, 0.5) is 0 Å².